The van der Waals surface area contributed by atoms with Gasteiger partial charge < -0.3 is 10.1 Å². The van der Waals surface area contributed by atoms with E-state index in [4.69, 9.17) is 4.74 Å². The van der Waals surface area contributed by atoms with Gasteiger partial charge >= 0.3 is 6.18 Å². The average Bonchev–Trinajstić information content (AvgIpc) is 2.74. The number of ether oxygens (including phenoxy) is 1. The summed E-state index contributed by atoms with van der Waals surface area (Å²) < 4.78 is 121. The molecule has 2 aromatic heterocycles. The Kier molecular flexibility index (Phi) is 7.24. The van der Waals surface area contributed by atoms with Gasteiger partial charge in [0.2, 0.25) is 5.75 Å². The van der Waals surface area contributed by atoms with Crippen LogP contribution in [0.25, 0.3) is 0 Å². The number of benzene rings is 1. The SMILES string of the molecule is Cc1c(C(F)(F)F)nnc(Oc2c(F)cc(S(C)(=O)=O)nc2F)c1C(=O)Nc1cccc(S(C)(=O)=O)c1. The highest BCUT2D eigenvalue weighted by atomic mass is 32.2. The maximum Gasteiger partial charge on any atom is 0.435 e. The lowest BCUT2D eigenvalue weighted by Gasteiger charge is -2.16. The van der Waals surface area contributed by atoms with Crippen molar-refractivity contribution >= 4 is 31.3 Å². The minimum absolute atomic E-state index is 0.153. The Balaban J connectivity index is 2.13. The quantitative estimate of drug-likeness (QED) is 0.351. The lowest BCUT2D eigenvalue weighted by molar-refractivity contribution is -0.142. The summed E-state index contributed by atoms with van der Waals surface area (Å²) in [4.78, 5) is 15.8. The lowest BCUT2D eigenvalue weighted by Crippen LogP contribution is -2.21. The molecule has 0 saturated carbocycles. The van der Waals surface area contributed by atoms with Gasteiger partial charge in [-0.2, -0.15) is 17.6 Å². The average molecular weight is 566 g/mol. The van der Waals surface area contributed by atoms with E-state index in [0.29, 0.717) is 12.3 Å². The number of hydrogen-bond donors (Lipinski definition) is 1. The highest BCUT2D eigenvalue weighted by Crippen LogP contribution is 2.36. The van der Waals surface area contributed by atoms with Gasteiger partial charge in [-0.3, -0.25) is 4.79 Å². The fourth-order valence-electron chi connectivity index (χ4n) is 2.94. The number of pyridine rings is 1. The van der Waals surface area contributed by atoms with Crippen molar-refractivity contribution in [3.05, 3.63) is 58.9 Å². The molecule has 3 rings (SSSR count). The van der Waals surface area contributed by atoms with Crippen molar-refractivity contribution < 1.29 is 48.3 Å². The van der Waals surface area contributed by atoms with Gasteiger partial charge in [-0.05, 0) is 30.7 Å². The number of aromatic nitrogens is 3. The highest BCUT2D eigenvalue weighted by molar-refractivity contribution is 7.91. The van der Waals surface area contributed by atoms with Crippen LogP contribution in [0.1, 0.15) is 21.6 Å². The monoisotopic (exact) mass is 566 g/mol. The zero-order valence-electron chi connectivity index (χ0n) is 18.9. The molecule has 0 aliphatic rings. The summed E-state index contributed by atoms with van der Waals surface area (Å²) in [7, 11) is -7.86. The van der Waals surface area contributed by atoms with Gasteiger partial charge in [0.05, 0.1) is 4.90 Å². The predicted octanol–water partition coefficient (Wildman–Crippen LogP) is 3.33. The molecule has 1 amide bonds. The molecule has 0 fully saturated rings. The van der Waals surface area contributed by atoms with Crippen molar-refractivity contribution in [2.75, 3.05) is 17.8 Å². The number of carbonyl (C=O) groups excluding carboxylic acids is 1. The number of carbonyl (C=O) groups is 1. The zero-order chi connectivity index (χ0) is 27.9. The third-order valence-electron chi connectivity index (χ3n) is 4.64. The molecule has 0 atom stereocenters. The molecule has 10 nitrogen and oxygen atoms in total. The van der Waals surface area contributed by atoms with Crippen molar-refractivity contribution in [1.29, 1.82) is 0 Å². The summed E-state index contributed by atoms with van der Waals surface area (Å²) >= 11 is 0. The number of anilines is 1. The fraction of sp³-hybridized carbons (Fsp3) is 0.200. The Morgan fingerprint density at radius 3 is 2.19 bits per heavy atom. The number of rotatable bonds is 6. The standard InChI is InChI=1S/C20H15F5N4O6S2/c1-9-14(18(30)26-10-5-4-6-11(7-10)36(2,31)32)19(29-28-16(9)20(23,24)25)35-15-12(21)8-13(27-17(15)22)37(3,33)34/h4-8H,1-3H3,(H,26,30). The summed E-state index contributed by atoms with van der Waals surface area (Å²) in [6.45, 7) is 0.823. The van der Waals surface area contributed by atoms with Crippen LogP contribution in [-0.4, -0.2) is 50.4 Å². The van der Waals surface area contributed by atoms with Gasteiger partial charge in [0.25, 0.3) is 17.7 Å². The number of alkyl halides is 3. The molecule has 0 spiro atoms. The summed E-state index contributed by atoms with van der Waals surface area (Å²) in [5, 5.41) is 7.26. The molecular weight excluding hydrogens is 551 g/mol. The van der Waals surface area contributed by atoms with Gasteiger partial charge in [0.15, 0.2) is 36.2 Å². The molecular formula is C20H15F5N4O6S2. The largest absolute Gasteiger partial charge is 0.435 e. The minimum Gasteiger partial charge on any atom is -0.429 e. The van der Waals surface area contributed by atoms with Crippen molar-refractivity contribution in [2.24, 2.45) is 0 Å². The van der Waals surface area contributed by atoms with Crippen molar-refractivity contribution in [3.8, 4) is 11.6 Å². The maximum atomic E-state index is 14.5. The maximum absolute atomic E-state index is 14.5. The molecule has 0 aliphatic carbocycles. The molecule has 1 aromatic carbocycles. The van der Waals surface area contributed by atoms with Gasteiger partial charge in [-0.1, -0.05) is 6.07 Å². The number of sulfone groups is 2. The van der Waals surface area contributed by atoms with E-state index >= 15 is 0 Å². The third-order valence-corrected chi connectivity index (χ3v) is 6.72. The Labute approximate surface area is 206 Å². The first-order valence-electron chi connectivity index (χ1n) is 9.69. The van der Waals surface area contributed by atoms with E-state index in [1.165, 1.54) is 18.2 Å². The molecule has 0 bridgehead atoms. The first-order valence-corrected chi connectivity index (χ1v) is 13.5. The fourth-order valence-corrected chi connectivity index (χ4v) is 4.17. The van der Waals surface area contributed by atoms with E-state index in [9.17, 15) is 43.6 Å². The van der Waals surface area contributed by atoms with Gasteiger partial charge in [-0.25, -0.2) is 26.2 Å². The van der Waals surface area contributed by atoms with Crippen molar-refractivity contribution in [2.45, 2.75) is 23.0 Å². The van der Waals surface area contributed by atoms with Crippen LogP contribution in [0.2, 0.25) is 0 Å². The predicted molar refractivity (Wildman–Crippen MR) is 117 cm³/mol. The van der Waals surface area contributed by atoms with E-state index < -0.39 is 77.0 Å². The Morgan fingerprint density at radius 1 is 1.00 bits per heavy atom. The van der Waals surface area contributed by atoms with E-state index in [1.54, 1.807) is 0 Å². The van der Waals surface area contributed by atoms with Crippen molar-refractivity contribution in [1.82, 2.24) is 15.2 Å². The number of hydrogen-bond acceptors (Lipinski definition) is 9. The number of nitrogens with one attached hydrogen (secondary N) is 1. The summed E-state index contributed by atoms with van der Waals surface area (Å²) in [6, 6.07) is 5.01. The molecule has 0 radical (unpaired) electrons. The summed E-state index contributed by atoms with van der Waals surface area (Å²) in [5.74, 6) is -7.17. The van der Waals surface area contributed by atoms with Gasteiger partial charge in [0.1, 0.15) is 5.56 Å². The van der Waals surface area contributed by atoms with Gasteiger partial charge in [0, 0.05) is 24.3 Å². The molecule has 0 unspecified atom stereocenters. The van der Waals surface area contributed by atoms with Gasteiger partial charge in [-0.15, -0.1) is 10.2 Å². The van der Waals surface area contributed by atoms with Crippen LogP contribution in [-0.2, 0) is 25.9 Å². The smallest absolute Gasteiger partial charge is 0.429 e. The van der Waals surface area contributed by atoms with Crippen LogP contribution >= 0.6 is 0 Å². The molecule has 1 N–H and O–H groups in total. The number of halogens is 5. The number of amides is 1. The van der Waals surface area contributed by atoms with Crippen LogP contribution in [0, 0.1) is 18.7 Å². The lowest BCUT2D eigenvalue weighted by atomic mass is 10.1. The van der Waals surface area contributed by atoms with Crippen LogP contribution in [0.3, 0.4) is 0 Å². The Bertz CT molecular complexity index is 1600. The molecule has 17 heteroatoms. The highest BCUT2D eigenvalue weighted by Gasteiger charge is 2.38. The van der Waals surface area contributed by atoms with Crippen LogP contribution in [0.4, 0.5) is 27.6 Å². The first-order chi connectivity index (χ1) is 16.9. The second-order valence-corrected chi connectivity index (χ2v) is 11.5. The minimum atomic E-state index is -5.09. The van der Waals surface area contributed by atoms with Crippen molar-refractivity contribution in [3.63, 3.8) is 0 Å². The number of nitrogens with zero attached hydrogens (tertiary/aromatic N) is 3. The zero-order valence-corrected chi connectivity index (χ0v) is 20.5. The van der Waals surface area contributed by atoms with E-state index in [1.807, 2.05) is 0 Å². The molecule has 198 valence electrons. The first kappa shape index (κ1) is 27.9. The van der Waals surface area contributed by atoms with Crippen LogP contribution in [0.15, 0.2) is 40.3 Å². The molecule has 3 aromatic rings. The molecule has 0 saturated heterocycles. The Hall–Kier alpha value is -3.73. The van der Waals surface area contributed by atoms with Crippen LogP contribution < -0.4 is 10.1 Å². The third kappa shape index (κ3) is 6.16. The van der Waals surface area contributed by atoms with E-state index in [0.717, 1.165) is 19.2 Å². The van der Waals surface area contributed by atoms with Crippen LogP contribution in [0.5, 0.6) is 11.6 Å². The summed E-state index contributed by atoms with van der Waals surface area (Å²) in [6.07, 6.45) is -3.57. The van der Waals surface area contributed by atoms with E-state index in [2.05, 4.69) is 20.5 Å². The van der Waals surface area contributed by atoms with E-state index in [-0.39, 0.29) is 10.6 Å². The molecule has 2 heterocycles. The second kappa shape index (κ2) is 9.62. The normalized spacial score (nSPS) is 12.3. The summed E-state index contributed by atoms with van der Waals surface area (Å²) in [5.41, 5.74) is -3.55. The molecule has 0 aliphatic heterocycles. The Morgan fingerprint density at radius 2 is 1.65 bits per heavy atom. The second-order valence-electron chi connectivity index (χ2n) is 7.54. The topological polar surface area (TPSA) is 145 Å². The molecule has 37 heavy (non-hydrogen) atoms.